The van der Waals surface area contributed by atoms with E-state index in [2.05, 4.69) is 10.3 Å². The smallest absolute Gasteiger partial charge is 0.351 e. The van der Waals surface area contributed by atoms with Crippen molar-refractivity contribution in [2.45, 2.75) is 88.9 Å². The van der Waals surface area contributed by atoms with Gasteiger partial charge >= 0.3 is 11.6 Å². The highest BCUT2D eigenvalue weighted by Crippen LogP contribution is 2.54. The second kappa shape index (κ2) is 18.0. The highest BCUT2D eigenvalue weighted by atomic mass is 32.2. The number of hydrogen-bond acceptors (Lipinski definition) is 8. The van der Waals surface area contributed by atoms with Crippen LogP contribution in [0.25, 0.3) is 0 Å². The maximum atomic E-state index is 15.2. The number of aliphatic hydroxyl groups is 2. The second-order valence-corrected chi connectivity index (χ2v) is 15.7. The molecule has 3 aromatic rings. The molecule has 1 saturated heterocycles. The predicted octanol–water partition coefficient (Wildman–Crippen LogP) is 7.44. The van der Waals surface area contributed by atoms with Crippen molar-refractivity contribution in [3.63, 3.8) is 0 Å². The fraction of sp³-hybridized carbons (Fsp3) is 0.528. The average molecular weight is 742 g/mol. The number of carbonyl (C=O) groups excluding carboxylic acids is 1. The predicted molar refractivity (Wildman–Crippen MR) is 191 cm³/mol. The molecule has 0 radical (unpaired) electrons. The molecule has 1 aliphatic heterocycles. The van der Waals surface area contributed by atoms with Crippen LogP contribution in [0.1, 0.15) is 71.2 Å². The molecule has 0 bridgehead atoms. The highest BCUT2D eigenvalue weighted by Gasteiger charge is 2.67. The molecule has 0 aliphatic carbocycles. The SMILES string of the molecule is C.CC(C)(CCC(CCSCc1ccc(F)cc1)SCc1ccc(F)cc1)CC(=O)Nc1ccn([C@@H]2O[C@H](CO)C(C)(CO)C2(F)F)c(=O)n1. The first-order valence-corrected chi connectivity index (χ1v) is 18.2. The van der Waals surface area contributed by atoms with Crippen molar-refractivity contribution >= 4 is 35.2 Å². The number of benzene rings is 2. The molecule has 1 amide bonds. The molecule has 0 spiro atoms. The van der Waals surface area contributed by atoms with Crippen molar-refractivity contribution in [1.29, 1.82) is 0 Å². The summed E-state index contributed by atoms with van der Waals surface area (Å²) in [5.74, 6) is -2.39. The van der Waals surface area contributed by atoms with Gasteiger partial charge in [-0.2, -0.15) is 28.5 Å². The second-order valence-electron chi connectivity index (χ2n) is 13.3. The number of hydrogen-bond donors (Lipinski definition) is 3. The van der Waals surface area contributed by atoms with Gasteiger partial charge in [0.2, 0.25) is 12.1 Å². The van der Waals surface area contributed by atoms with Crippen LogP contribution in [-0.4, -0.2) is 61.9 Å². The van der Waals surface area contributed by atoms with Crippen LogP contribution in [0.15, 0.2) is 65.6 Å². The number of halogens is 4. The largest absolute Gasteiger partial charge is 0.395 e. The summed E-state index contributed by atoms with van der Waals surface area (Å²) in [6.45, 7) is 3.26. The van der Waals surface area contributed by atoms with E-state index in [0.29, 0.717) is 16.7 Å². The van der Waals surface area contributed by atoms with Crippen LogP contribution in [0.3, 0.4) is 0 Å². The number of aromatic nitrogens is 2. The van der Waals surface area contributed by atoms with E-state index in [0.717, 1.165) is 48.6 Å². The summed E-state index contributed by atoms with van der Waals surface area (Å²) in [7, 11) is 0. The standard InChI is InChI=1S/C35H43F4N3O5S2.CH4/c1-33(2,15-12-27(49-21-24-6-10-26(37)11-7-24)14-17-48-20-23-4-8-25(36)9-5-23)18-30(45)40-29-13-16-42(32(46)41-29)31-35(38,39)34(3,22-44)28(19-43)47-31;/h4-11,13,16,27-28,31,43-44H,12,14-15,17-22H2,1-3H3,(H,40,41,45,46);1H4/t27?,28-,31-,34?;/m1./s1. The normalized spacial score (nSPS) is 20.7. The number of amides is 1. The van der Waals surface area contributed by atoms with Crippen molar-refractivity contribution in [1.82, 2.24) is 9.55 Å². The van der Waals surface area contributed by atoms with E-state index in [1.165, 1.54) is 30.3 Å². The van der Waals surface area contributed by atoms with E-state index >= 15 is 8.78 Å². The number of nitrogens with zero attached hydrogens (tertiary/aromatic N) is 2. The summed E-state index contributed by atoms with van der Waals surface area (Å²) in [6.07, 6.45) is 0.0812. The zero-order chi connectivity index (χ0) is 35.8. The Balaban J connectivity index is 0.00000676. The van der Waals surface area contributed by atoms with E-state index in [-0.39, 0.29) is 36.5 Å². The number of aliphatic hydroxyl groups excluding tert-OH is 2. The minimum Gasteiger partial charge on any atom is -0.395 e. The molecule has 8 nitrogen and oxygen atoms in total. The lowest BCUT2D eigenvalue weighted by molar-refractivity contribution is -0.154. The van der Waals surface area contributed by atoms with E-state index in [4.69, 9.17) is 4.74 Å². The van der Waals surface area contributed by atoms with Crippen LogP contribution in [0.4, 0.5) is 23.4 Å². The molecule has 50 heavy (non-hydrogen) atoms. The molecular weight excluding hydrogens is 695 g/mol. The van der Waals surface area contributed by atoms with Gasteiger partial charge in [0.15, 0.2) is 0 Å². The van der Waals surface area contributed by atoms with Gasteiger partial charge in [0, 0.05) is 29.4 Å². The molecule has 1 aromatic heterocycles. The first-order chi connectivity index (χ1) is 23.2. The molecule has 0 saturated carbocycles. The first kappa shape index (κ1) is 41.5. The van der Waals surface area contributed by atoms with Crippen molar-refractivity contribution in [2.24, 2.45) is 10.8 Å². The first-order valence-electron chi connectivity index (χ1n) is 16.0. The molecule has 1 aliphatic rings. The lowest BCUT2D eigenvalue weighted by Crippen LogP contribution is -2.48. The van der Waals surface area contributed by atoms with Crippen LogP contribution in [0, 0.1) is 22.5 Å². The molecule has 14 heteroatoms. The maximum absolute atomic E-state index is 15.2. The van der Waals surface area contributed by atoms with Gasteiger partial charge in [0.1, 0.15) is 17.5 Å². The minimum absolute atomic E-state index is 0. The molecule has 276 valence electrons. The fourth-order valence-electron chi connectivity index (χ4n) is 5.59. The molecule has 3 N–H and O–H groups in total. The van der Waals surface area contributed by atoms with E-state index < -0.39 is 53.9 Å². The summed E-state index contributed by atoms with van der Waals surface area (Å²) in [6, 6.07) is 14.1. The summed E-state index contributed by atoms with van der Waals surface area (Å²) in [5, 5.41) is 22.0. The number of alkyl halides is 2. The Labute approximate surface area is 299 Å². The summed E-state index contributed by atoms with van der Waals surface area (Å²) < 4.78 is 63.0. The Morgan fingerprint density at radius 1 is 1.02 bits per heavy atom. The zero-order valence-corrected chi connectivity index (χ0v) is 29.3. The number of thioether (sulfide) groups is 2. The van der Waals surface area contributed by atoms with Crippen LogP contribution in [-0.2, 0) is 21.0 Å². The van der Waals surface area contributed by atoms with Gasteiger partial charge in [0.05, 0.1) is 24.7 Å². The maximum Gasteiger partial charge on any atom is 0.351 e. The van der Waals surface area contributed by atoms with Gasteiger partial charge in [-0.3, -0.25) is 9.36 Å². The van der Waals surface area contributed by atoms with Crippen molar-refractivity contribution in [3.8, 4) is 0 Å². The average Bonchev–Trinajstić information content (AvgIpc) is 3.26. The van der Waals surface area contributed by atoms with Crippen LogP contribution in [0.2, 0.25) is 0 Å². The lowest BCUT2D eigenvalue weighted by atomic mass is 9.80. The Morgan fingerprint density at radius 3 is 2.16 bits per heavy atom. The fourth-order valence-corrected chi connectivity index (χ4v) is 7.96. The number of carbonyl (C=O) groups is 1. The summed E-state index contributed by atoms with van der Waals surface area (Å²) >= 11 is 3.55. The minimum atomic E-state index is -3.70. The molecule has 4 atom stereocenters. The number of nitrogens with one attached hydrogen (secondary N) is 1. The molecule has 2 heterocycles. The van der Waals surface area contributed by atoms with Gasteiger partial charge in [-0.1, -0.05) is 45.5 Å². The number of rotatable bonds is 17. The summed E-state index contributed by atoms with van der Waals surface area (Å²) in [4.78, 5) is 29.5. The Kier molecular flexibility index (Phi) is 15.0. The van der Waals surface area contributed by atoms with Crippen LogP contribution >= 0.6 is 23.5 Å². The van der Waals surface area contributed by atoms with Crippen LogP contribution < -0.4 is 11.0 Å². The molecule has 1 fully saturated rings. The highest BCUT2D eigenvalue weighted by molar-refractivity contribution is 7.99. The van der Waals surface area contributed by atoms with Crippen molar-refractivity contribution < 1.29 is 37.3 Å². The Bertz CT molecular complexity index is 1590. The Morgan fingerprint density at radius 2 is 1.62 bits per heavy atom. The van der Waals surface area contributed by atoms with Crippen molar-refractivity contribution in [2.75, 3.05) is 24.3 Å². The number of ether oxygens (including phenoxy) is 1. The zero-order valence-electron chi connectivity index (χ0n) is 27.7. The quantitative estimate of drug-likeness (QED) is 0.0967. The lowest BCUT2D eigenvalue weighted by Gasteiger charge is -2.32. The summed E-state index contributed by atoms with van der Waals surface area (Å²) in [5.41, 5.74) is -1.57. The van der Waals surface area contributed by atoms with E-state index in [9.17, 15) is 28.6 Å². The topological polar surface area (TPSA) is 114 Å². The third kappa shape index (κ3) is 10.6. The molecule has 4 rings (SSSR count). The Hall–Kier alpha value is -2.91. The van der Waals surface area contributed by atoms with Gasteiger partial charge in [0.25, 0.3) is 0 Å². The van der Waals surface area contributed by atoms with Gasteiger partial charge < -0.3 is 20.3 Å². The van der Waals surface area contributed by atoms with Gasteiger partial charge in [-0.25, -0.2) is 22.4 Å². The van der Waals surface area contributed by atoms with Crippen molar-refractivity contribution in [3.05, 3.63) is 94.0 Å². The van der Waals surface area contributed by atoms with Gasteiger partial charge in [-0.15, -0.1) is 0 Å². The molecular formula is C36H47F4N3O5S2. The number of anilines is 1. The van der Waals surface area contributed by atoms with E-state index in [1.807, 2.05) is 13.8 Å². The third-order valence-corrected chi connectivity index (χ3v) is 11.4. The van der Waals surface area contributed by atoms with E-state index in [1.54, 1.807) is 47.8 Å². The third-order valence-electron chi connectivity index (χ3n) is 8.87. The molecule has 2 unspecified atom stereocenters. The molecule has 2 aromatic carbocycles. The monoisotopic (exact) mass is 741 g/mol. The van der Waals surface area contributed by atoms with Gasteiger partial charge in [-0.05, 0) is 78.8 Å². The van der Waals surface area contributed by atoms with Crippen LogP contribution in [0.5, 0.6) is 0 Å².